The van der Waals surface area contributed by atoms with Crippen molar-refractivity contribution in [3.63, 3.8) is 0 Å². The van der Waals surface area contributed by atoms with Crippen LogP contribution in [-0.4, -0.2) is 43.5 Å². The van der Waals surface area contributed by atoms with Crippen molar-refractivity contribution in [2.75, 3.05) is 13.1 Å². The summed E-state index contributed by atoms with van der Waals surface area (Å²) < 4.78 is 33.6. The first-order valence-electron chi connectivity index (χ1n) is 9.76. The summed E-state index contributed by atoms with van der Waals surface area (Å²) in [5.74, 6) is 0.0765. The fraction of sp³-hybridized carbons (Fsp3) is 0.333. The molecule has 1 fully saturated rings. The van der Waals surface area contributed by atoms with Gasteiger partial charge < -0.3 is 9.32 Å². The van der Waals surface area contributed by atoms with Gasteiger partial charge in [0, 0.05) is 30.0 Å². The summed E-state index contributed by atoms with van der Waals surface area (Å²) in [6.07, 6.45) is 0.943. The van der Waals surface area contributed by atoms with Crippen LogP contribution in [0.2, 0.25) is 0 Å². The number of hydrogen-bond donors (Lipinski definition) is 0. The molecule has 2 atom stereocenters. The van der Waals surface area contributed by atoms with Crippen LogP contribution < -0.4 is 0 Å². The second-order valence-electron chi connectivity index (χ2n) is 7.68. The Balaban J connectivity index is 1.48. The van der Waals surface area contributed by atoms with Gasteiger partial charge in [0.1, 0.15) is 17.6 Å². The predicted molar refractivity (Wildman–Crippen MR) is 104 cm³/mol. The van der Waals surface area contributed by atoms with Gasteiger partial charge in [0.15, 0.2) is 0 Å². The van der Waals surface area contributed by atoms with Crippen molar-refractivity contribution in [3.8, 4) is 0 Å². The van der Waals surface area contributed by atoms with Crippen LogP contribution in [-0.2, 0) is 0 Å². The number of furan rings is 1. The number of aromatic nitrogens is 4. The van der Waals surface area contributed by atoms with Crippen LogP contribution in [0, 0.1) is 5.92 Å². The van der Waals surface area contributed by atoms with E-state index in [4.69, 9.17) is 4.42 Å². The Morgan fingerprint density at radius 1 is 1.27 bits per heavy atom. The fourth-order valence-corrected chi connectivity index (χ4v) is 4.15. The molecule has 154 valence electrons. The Morgan fingerprint density at radius 2 is 2.13 bits per heavy atom. The van der Waals surface area contributed by atoms with Crippen molar-refractivity contribution in [2.45, 2.75) is 25.7 Å². The average molecular weight is 411 g/mol. The lowest BCUT2D eigenvalue weighted by Crippen LogP contribution is -2.42. The summed E-state index contributed by atoms with van der Waals surface area (Å²) in [6, 6.07) is 8.54. The number of carbonyl (C=O) groups is 1. The smallest absolute Gasteiger partial charge is 0.280 e. The van der Waals surface area contributed by atoms with Crippen LogP contribution in [0.4, 0.5) is 8.78 Å². The fourth-order valence-electron chi connectivity index (χ4n) is 4.15. The zero-order valence-electron chi connectivity index (χ0n) is 16.2. The molecule has 30 heavy (non-hydrogen) atoms. The first kappa shape index (κ1) is 18.7. The van der Waals surface area contributed by atoms with Gasteiger partial charge in [0.25, 0.3) is 18.1 Å². The Labute approximate surface area is 170 Å². The minimum absolute atomic E-state index is 0.0898. The first-order valence-corrected chi connectivity index (χ1v) is 9.76. The summed E-state index contributed by atoms with van der Waals surface area (Å²) in [6.45, 7) is 3.08. The van der Waals surface area contributed by atoms with Crippen LogP contribution in [0.25, 0.3) is 16.7 Å². The number of fused-ring (bicyclic) bond motifs is 2. The van der Waals surface area contributed by atoms with E-state index in [0.717, 1.165) is 17.4 Å². The summed E-state index contributed by atoms with van der Waals surface area (Å²) in [4.78, 5) is 22.8. The molecule has 0 aliphatic carbocycles. The largest absolute Gasteiger partial charge is 0.464 e. The van der Waals surface area contributed by atoms with Crippen molar-refractivity contribution in [3.05, 3.63) is 59.9 Å². The van der Waals surface area contributed by atoms with Gasteiger partial charge >= 0.3 is 0 Å². The SMILES string of the molecule is C[C@H]1CCN(C(=O)c2ccc3occc3c2)CC1c1cc(C(F)F)nc2ncnn12. The van der Waals surface area contributed by atoms with E-state index in [1.165, 1.54) is 16.9 Å². The molecule has 4 heterocycles. The van der Waals surface area contributed by atoms with Gasteiger partial charge in [-0.3, -0.25) is 4.79 Å². The Bertz CT molecular complexity index is 1230. The maximum absolute atomic E-state index is 13.4. The molecule has 9 heteroatoms. The maximum Gasteiger partial charge on any atom is 0.280 e. The van der Waals surface area contributed by atoms with Crippen molar-refractivity contribution in [1.29, 1.82) is 0 Å². The number of alkyl halides is 2. The van der Waals surface area contributed by atoms with Crippen LogP contribution in [0.1, 0.15) is 47.4 Å². The van der Waals surface area contributed by atoms with E-state index in [-0.39, 0.29) is 29.2 Å². The van der Waals surface area contributed by atoms with Gasteiger partial charge in [0.2, 0.25) is 0 Å². The molecule has 7 nitrogen and oxygen atoms in total. The van der Waals surface area contributed by atoms with Gasteiger partial charge in [-0.05, 0) is 42.7 Å². The van der Waals surface area contributed by atoms with Crippen LogP contribution in [0.15, 0.2) is 47.3 Å². The zero-order chi connectivity index (χ0) is 20.8. The lowest BCUT2D eigenvalue weighted by molar-refractivity contribution is 0.0665. The normalized spacial score (nSPS) is 19.8. The first-order chi connectivity index (χ1) is 14.5. The summed E-state index contributed by atoms with van der Waals surface area (Å²) >= 11 is 0. The number of carbonyl (C=O) groups excluding carboxylic acids is 1. The highest BCUT2D eigenvalue weighted by molar-refractivity contribution is 5.97. The lowest BCUT2D eigenvalue weighted by Gasteiger charge is -2.37. The molecule has 1 unspecified atom stereocenters. The van der Waals surface area contributed by atoms with Gasteiger partial charge in [-0.15, -0.1) is 0 Å². The summed E-state index contributed by atoms with van der Waals surface area (Å²) in [5, 5.41) is 5.03. The number of hydrogen-bond acceptors (Lipinski definition) is 5. The Hall–Kier alpha value is -3.36. The molecular formula is C21H19F2N5O2. The number of piperidine rings is 1. The van der Waals surface area contributed by atoms with Crippen molar-refractivity contribution >= 4 is 22.7 Å². The third-order valence-corrected chi connectivity index (χ3v) is 5.85. The van der Waals surface area contributed by atoms with E-state index in [1.807, 2.05) is 12.1 Å². The highest BCUT2D eigenvalue weighted by Gasteiger charge is 2.33. The maximum atomic E-state index is 13.4. The number of halogens is 2. The third kappa shape index (κ3) is 3.10. The molecular weight excluding hydrogens is 392 g/mol. The van der Waals surface area contributed by atoms with Crippen LogP contribution in [0.5, 0.6) is 0 Å². The molecule has 1 saturated heterocycles. The quantitative estimate of drug-likeness (QED) is 0.508. The number of nitrogens with zero attached hydrogens (tertiary/aromatic N) is 5. The highest BCUT2D eigenvalue weighted by atomic mass is 19.3. The van der Waals surface area contributed by atoms with Crippen molar-refractivity contribution < 1.29 is 18.0 Å². The molecule has 3 aromatic heterocycles. The third-order valence-electron chi connectivity index (χ3n) is 5.85. The topological polar surface area (TPSA) is 76.5 Å². The van der Waals surface area contributed by atoms with Crippen molar-refractivity contribution in [2.24, 2.45) is 5.92 Å². The number of amides is 1. The van der Waals surface area contributed by atoms with Crippen LogP contribution >= 0.6 is 0 Å². The Kier molecular flexibility index (Phi) is 4.45. The summed E-state index contributed by atoms with van der Waals surface area (Å²) in [5.41, 5.74) is 1.57. The van der Waals surface area contributed by atoms with E-state index in [0.29, 0.717) is 24.3 Å². The second kappa shape index (κ2) is 7.16. The highest BCUT2D eigenvalue weighted by Crippen LogP contribution is 2.34. The van der Waals surface area contributed by atoms with Gasteiger partial charge in [0.05, 0.1) is 12.0 Å². The van der Waals surface area contributed by atoms with E-state index < -0.39 is 6.43 Å². The number of rotatable bonds is 3. The molecule has 0 bridgehead atoms. The molecule has 1 aromatic carbocycles. The van der Waals surface area contributed by atoms with E-state index in [2.05, 4.69) is 22.0 Å². The minimum atomic E-state index is -2.70. The van der Waals surface area contributed by atoms with E-state index >= 15 is 0 Å². The van der Waals surface area contributed by atoms with E-state index in [1.54, 1.807) is 23.3 Å². The van der Waals surface area contributed by atoms with Gasteiger partial charge in [-0.2, -0.15) is 10.1 Å². The summed E-state index contributed by atoms with van der Waals surface area (Å²) in [7, 11) is 0. The molecule has 5 rings (SSSR count). The second-order valence-corrected chi connectivity index (χ2v) is 7.68. The molecule has 1 aliphatic rings. The molecule has 0 spiro atoms. The molecule has 0 N–H and O–H groups in total. The molecule has 1 aliphatic heterocycles. The van der Waals surface area contributed by atoms with Crippen molar-refractivity contribution in [1.82, 2.24) is 24.5 Å². The number of likely N-dealkylation sites (tertiary alicyclic amines) is 1. The lowest BCUT2D eigenvalue weighted by atomic mass is 9.84. The Morgan fingerprint density at radius 3 is 2.97 bits per heavy atom. The zero-order valence-corrected chi connectivity index (χ0v) is 16.2. The predicted octanol–water partition coefficient (Wildman–Crippen LogP) is 4.07. The standard InChI is InChI=1S/C21H19F2N5O2/c1-12-4-6-27(20(29)14-2-3-18-13(8-14)5-7-30-18)10-15(12)17-9-16(19(22)23)26-21-24-11-25-28(17)21/h2-3,5,7-9,11-12,15,19H,4,6,10H2,1H3/t12-,15?/m0/s1. The van der Waals surface area contributed by atoms with Gasteiger partial charge in [-0.25, -0.2) is 18.3 Å². The molecule has 4 aromatic rings. The average Bonchev–Trinajstić information content (AvgIpc) is 3.41. The molecule has 0 radical (unpaired) electrons. The number of benzene rings is 1. The van der Waals surface area contributed by atoms with E-state index in [9.17, 15) is 13.6 Å². The minimum Gasteiger partial charge on any atom is -0.464 e. The van der Waals surface area contributed by atoms with Gasteiger partial charge in [-0.1, -0.05) is 6.92 Å². The van der Waals surface area contributed by atoms with Crippen LogP contribution in [0.3, 0.4) is 0 Å². The monoisotopic (exact) mass is 411 g/mol. The molecule has 1 amide bonds. The molecule has 0 saturated carbocycles.